The first-order valence-electron chi connectivity index (χ1n) is 5.23. The molecule has 0 bridgehead atoms. The van der Waals surface area contributed by atoms with Gasteiger partial charge in [-0.15, -0.1) is 5.10 Å². The average molecular weight is 210 g/mol. The molecule has 1 saturated heterocycles. The third-order valence-corrected chi connectivity index (χ3v) is 2.88. The van der Waals surface area contributed by atoms with E-state index >= 15 is 0 Å². The van der Waals surface area contributed by atoms with Crippen molar-refractivity contribution in [2.24, 2.45) is 0 Å². The molecule has 5 nitrogen and oxygen atoms in total. The Balaban J connectivity index is 2.23. The van der Waals surface area contributed by atoms with Gasteiger partial charge in [-0.25, -0.2) is 0 Å². The molecular formula is C10H18N4O. The molecule has 0 saturated carbocycles. The minimum atomic E-state index is 0.317. The lowest BCUT2D eigenvalue weighted by Crippen LogP contribution is -2.43. The molecule has 15 heavy (non-hydrogen) atoms. The molecule has 1 aliphatic rings. The van der Waals surface area contributed by atoms with E-state index in [1.165, 1.54) is 0 Å². The number of hydrogen-bond acceptors (Lipinski definition) is 4. The molecule has 84 valence electrons. The standard InChI is InChI=1S/C10H18N4O/c1-7-9(10(15-3)13-12-7)8-6-14(2)5-4-11-8/h8,11H,4-6H2,1-3H3,(H,12,13). The first-order valence-corrected chi connectivity index (χ1v) is 5.23. The van der Waals surface area contributed by atoms with Crippen LogP contribution in [0.3, 0.4) is 0 Å². The van der Waals surface area contributed by atoms with E-state index in [1.807, 2.05) is 6.92 Å². The van der Waals surface area contributed by atoms with E-state index < -0.39 is 0 Å². The number of piperazine rings is 1. The molecule has 2 N–H and O–H groups in total. The number of nitrogens with one attached hydrogen (secondary N) is 2. The van der Waals surface area contributed by atoms with E-state index in [4.69, 9.17) is 4.74 Å². The lowest BCUT2D eigenvalue weighted by atomic mass is 10.1. The van der Waals surface area contributed by atoms with Crippen LogP contribution < -0.4 is 10.1 Å². The Kier molecular flexibility index (Phi) is 2.93. The van der Waals surface area contributed by atoms with E-state index in [0.29, 0.717) is 11.9 Å². The van der Waals surface area contributed by atoms with Crippen LogP contribution in [0.2, 0.25) is 0 Å². The Hall–Kier alpha value is -1.07. The van der Waals surface area contributed by atoms with Gasteiger partial charge in [0.2, 0.25) is 5.88 Å². The third kappa shape index (κ3) is 1.98. The molecule has 0 aromatic carbocycles. The molecule has 0 spiro atoms. The number of likely N-dealkylation sites (N-methyl/N-ethyl adjacent to an activating group) is 1. The molecule has 1 aliphatic heterocycles. The zero-order valence-electron chi connectivity index (χ0n) is 9.50. The number of aromatic amines is 1. The minimum Gasteiger partial charge on any atom is -0.480 e. The third-order valence-electron chi connectivity index (χ3n) is 2.88. The van der Waals surface area contributed by atoms with E-state index in [0.717, 1.165) is 30.9 Å². The number of H-pyrrole nitrogens is 1. The summed E-state index contributed by atoms with van der Waals surface area (Å²) in [5.41, 5.74) is 2.24. The number of hydrogen-bond donors (Lipinski definition) is 2. The molecule has 0 radical (unpaired) electrons. The van der Waals surface area contributed by atoms with E-state index in [9.17, 15) is 0 Å². The van der Waals surface area contributed by atoms with Gasteiger partial charge < -0.3 is 15.0 Å². The average Bonchev–Trinajstić information content (AvgIpc) is 2.59. The lowest BCUT2D eigenvalue weighted by molar-refractivity contribution is 0.237. The maximum absolute atomic E-state index is 5.25. The predicted molar refractivity (Wildman–Crippen MR) is 58.1 cm³/mol. The van der Waals surface area contributed by atoms with E-state index in [-0.39, 0.29) is 0 Å². The highest BCUT2D eigenvalue weighted by atomic mass is 16.5. The number of nitrogens with zero attached hydrogens (tertiary/aromatic N) is 2. The Morgan fingerprint density at radius 1 is 1.53 bits per heavy atom. The number of rotatable bonds is 2. The van der Waals surface area contributed by atoms with E-state index in [2.05, 4.69) is 27.5 Å². The van der Waals surface area contributed by atoms with Gasteiger partial charge in [0.15, 0.2) is 0 Å². The van der Waals surface area contributed by atoms with Gasteiger partial charge in [0.05, 0.1) is 18.7 Å². The first kappa shape index (κ1) is 10.4. The molecule has 1 fully saturated rings. The normalized spacial score (nSPS) is 23.0. The summed E-state index contributed by atoms with van der Waals surface area (Å²) in [6.45, 7) is 5.13. The van der Waals surface area contributed by atoms with Crippen LogP contribution in [0.5, 0.6) is 5.88 Å². The predicted octanol–water partition coefficient (Wildman–Crippen LogP) is 0.303. The molecule has 2 rings (SSSR count). The summed E-state index contributed by atoms with van der Waals surface area (Å²) in [6, 6.07) is 0.317. The van der Waals surface area contributed by atoms with Crippen molar-refractivity contribution < 1.29 is 4.74 Å². The Labute approximate surface area is 89.8 Å². The Morgan fingerprint density at radius 2 is 2.33 bits per heavy atom. The van der Waals surface area contributed by atoms with Crippen molar-refractivity contribution in [1.82, 2.24) is 20.4 Å². The van der Waals surface area contributed by atoms with Crippen LogP contribution in [0, 0.1) is 6.92 Å². The van der Waals surface area contributed by atoms with Crippen LogP contribution in [-0.4, -0.2) is 48.9 Å². The van der Waals surface area contributed by atoms with Crippen molar-refractivity contribution in [2.45, 2.75) is 13.0 Å². The van der Waals surface area contributed by atoms with Crippen molar-refractivity contribution in [3.05, 3.63) is 11.3 Å². The second-order valence-corrected chi connectivity index (χ2v) is 4.04. The highest BCUT2D eigenvalue weighted by Crippen LogP contribution is 2.27. The first-order chi connectivity index (χ1) is 7.22. The molecule has 1 aromatic rings. The molecule has 1 aromatic heterocycles. The summed E-state index contributed by atoms with van der Waals surface area (Å²) in [5.74, 6) is 0.709. The van der Waals surface area contributed by atoms with Gasteiger partial charge in [0.1, 0.15) is 0 Å². The molecule has 1 unspecified atom stereocenters. The smallest absolute Gasteiger partial charge is 0.237 e. The lowest BCUT2D eigenvalue weighted by Gasteiger charge is -2.31. The highest BCUT2D eigenvalue weighted by Gasteiger charge is 2.24. The summed E-state index contributed by atoms with van der Waals surface area (Å²) in [7, 11) is 3.79. The molecule has 0 amide bonds. The Bertz CT molecular complexity index is 336. The number of aromatic nitrogens is 2. The highest BCUT2D eigenvalue weighted by molar-refractivity contribution is 5.33. The fourth-order valence-corrected chi connectivity index (χ4v) is 2.07. The van der Waals surface area contributed by atoms with Crippen LogP contribution in [0.4, 0.5) is 0 Å². The number of aryl methyl sites for hydroxylation is 1. The molecule has 1 atom stereocenters. The van der Waals surface area contributed by atoms with Gasteiger partial charge >= 0.3 is 0 Å². The number of methoxy groups -OCH3 is 1. The second kappa shape index (κ2) is 4.20. The van der Waals surface area contributed by atoms with Gasteiger partial charge in [-0.1, -0.05) is 0 Å². The topological polar surface area (TPSA) is 53.2 Å². The molecule has 5 heteroatoms. The van der Waals surface area contributed by atoms with Crippen LogP contribution >= 0.6 is 0 Å². The maximum Gasteiger partial charge on any atom is 0.237 e. The molecule has 2 heterocycles. The zero-order valence-corrected chi connectivity index (χ0v) is 9.50. The van der Waals surface area contributed by atoms with Crippen LogP contribution in [0.25, 0.3) is 0 Å². The SMILES string of the molecule is COc1n[nH]c(C)c1C1CN(C)CCN1. The van der Waals surface area contributed by atoms with Gasteiger partial charge in [-0.2, -0.15) is 0 Å². The van der Waals surface area contributed by atoms with Crippen LogP contribution in [0.1, 0.15) is 17.3 Å². The van der Waals surface area contributed by atoms with Crippen molar-refractivity contribution in [1.29, 1.82) is 0 Å². The molecule has 0 aliphatic carbocycles. The summed E-state index contributed by atoms with van der Waals surface area (Å²) in [4.78, 5) is 2.31. The largest absolute Gasteiger partial charge is 0.480 e. The van der Waals surface area contributed by atoms with Gasteiger partial charge in [-0.05, 0) is 14.0 Å². The summed E-state index contributed by atoms with van der Waals surface area (Å²) >= 11 is 0. The van der Waals surface area contributed by atoms with E-state index in [1.54, 1.807) is 7.11 Å². The summed E-state index contributed by atoms with van der Waals surface area (Å²) < 4.78 is 5.25. The maximum atomic E-state index is 5.25. The van der Waals surface area contributed by atoms with Crippen molar-refractivity contribution in [3.63, 3.8) is 0 Å². The monoisotopic (exact) mass is 210 g/mol. The fourth-order valence-electron chi connectivity index (χ4n) is 2.07. The van der Waals surface area contributed by atoms with Crippen molar-refractivity contribution in [3.8, 4) is 5.88 Å². The summed E-state index contributed by atoms with van der Waals surface area (Å²) in [5, 5.41) is 10.6. The Morgan fingerprint density at radius 3 is 3.00 bits per heavy atom. The minimum absolute atomic E-state index is 0.317. The van der Waals surface area contributed by atoms with Crippen LogP contribution in [0.15, 0.2) is 0 Å². The fraction of sp³-hybridized carbons (Fsp3) is 0.700. The zero-order chi connectivity index (χ0) is 10.8. The van der Waals surface area contributed by atoms with Crippen molar-refractivity contribution in [2.75, 3.05) is 33.8 Å². The number of ether oxygens (including phenoxy) is 1. The van der Waals surface area contributed by atoms with Crippen LogP contribution in [-0.2, 0) is 0 Å². The van der Waals surface area contributed by atoms with Gasteiger partial charge in [0.25, 0.3) is 0 Å². The molecular weight excluding hydrogens is 192 g/mol. The van der Waals surface area contributed by atoms with Crippen molar-refractivity contribution >= 4 is 0 Å². The van der Waals surface area contributed by atoms with Gasteiger partial charge in [0, 0.05) is 25.3 Å². The summed E-state index contributed by atoms with van der Waals surface area (Å²) in [6.07, 6.45) is 0. The second-order valence-electron chi connectivity index (χ2n) is 4.04. The van der Waals surface area contributed by atoms with Gasteiger partial charge in [-0.3, -0.25) is 5.10 Å². The quantitative estimate of drug-likeness (QED) is 0.737.